The molecule has 3 aromatic rings. The van der Waals surface area contributed by atoms with E-state index in [0.29, 0.717) is 18.0 Å². The van der Waals surface area contributed by atoms with Crippen LogP contribution in [0.15, 0.2) is 42.6 Å². The molecule has 4 rings (SSSR count). The molecule has 1 aromatic heterocycles. The number of methoxy groups -OCH3 is 1. The lowest BCUT2D eigenvalue weighted by Gasteiger charge is -2.34. The molecule has 0 radical (unpaired) electrons. The van der Waals surface area contributed by atoms with Crippen LogP contribution in [0.1, 0.15) is 27.9 Å². The molecule has 3 N–H and O–H groups in total. The van der Waals surface area contributed by atoms with Crippen LogP contribution >= 0.6 is 0 Å². The Balaban J connectivity index is 1.34. The quantitative estimate of drug-likeness (QED) is 0.337. The van der Waals surface area contributed by atoms with E-state index >= 15 is 0 Å². The van der Waals surface area contributed by atoms with Crippen molar-refractivity contribution in [3.8, 4) is 17.0 Å². The fourth-order valence-electron chi connectivity index (χ4n) is 4.75. The molecule has 1 saturated heterocycles. The number of halogens is 1. The molecule has 0 saturated carbocycles. The van der Waals surface area contributed by atoms with E-state index in [0.717, 1.165) is 69.0 Å². The van der Waals surface area contributed by atoms with Crippen LogP contribution in [0.2, 0.25) is 0 Å². The number of nitrogens with one attached hydrogen (secondary N) is 1. The standard InChI is InChI=1S/C29H37FN6O3/c1-20-6-4-7-21(2)26(20)27-23(28(31)37)19-32-29(34-27)33-22-8-9-25(24(30)18-22)39-16-5-10-35-11-13-36(14-12-35)15-17-38-3/h4,6-9,18-19H,5,10-17H2,1-3H3,(H2,31,37)(H,32,33,34). The number of amides is 1. The highest BCUT2D eigenvalue weighted by molar-refractivity contribution is 5.99. The lowest BCUT2D eigenvalue weighted by Crippen LogP contribution is -2.47. The molecule has 0 atom stereocenters. The first-order chi connectivity index (χ1) is 18.9. The second-order valence-electron chi connectivity index (χ2n) is 9.74. The molecule has 10 heteroatoms. The summed E-state index contributed by atoms with van der Waals surface area (Å²) in [6.45, 7) is 11.1. The van der Waals surface area contributed by atoms with Gasteiger partial charge in [0.05, 0.1) is 24.5 Å². The predicted molar refractivity (Wildman–Crippen MR) is 150 cm³/mol. The average Bonchev–Trinajstić information content (AvgIpc) is 2.91. The molecule has 0 aliphatic carbocycles. The Morgan fingerprint density at radius 3 is 2.38 bits per heavy atom. The number of hydrogen-bond acceptors (Lipinski definition) is 8. The Morgan fingerprint density at radius 1 is 1.05 bits per heavy atom. The minimum atomic E-state index is -0.615. The molecule has 0 spiro atoms. The van der Waals surface area contributed by atoms with Crippen LogP contribution < -0.4 is 15.8 Å². The largest absolute Gasteiger partial charge is 0.490 e. The van der Waals surface area contributed by atoms with Crippen LogP contribution in [0.5, 0.6) is 5.75 Å². The number of aryl methyl sites for hydroxylation is 2. The van der Waals surface area contributed by atoms with Gasteiger partial charge in [0.1, 0.15) is 0 Å². The van der Waals surface area contributed by atoms with Crippen LogP contribution in [0.25, 0.3) is 11.3 Å². The Labute approximate surface area is 229 Å². The highest BCUT2D eigenvalue weighted by Crippen LogP contribution is 2.30. The van der Waals surface area contributed by atoms with Crippen molar-refractivity contribution < 1.29 is 18.7 Å². The van der Waals surface area contributed by atoms with Crippen LogP contribution in [0, 0.1) is 19.7 Å². The third-order valence-electron chi connectivity index (χ3n) is 6.91. The van der Waals surface area contributed by atoms with Gasteiger partial charge in [-0.05, 0) is 43.5 Å². The number of aromatic nitrogens is 2. The number of nitrogens with zero attached hydrogens (tertiary/aromatic N) is 4. The van der Waals surface area contributed by atoms with Crippen LogP contribution in [-0.4, -0.2) is 85.3 Å². The maximum absolute atomic E-state index is 14.8. The van der Waals surface area contributed by atoms with Crippen molar-refractivity contribution in [1.29, 1.82) is 0 Å². The van der Waals surface area contributed by atoms with Crippen LogP contribution in [0.3, 0.4) is 0 Å². The molecule has 1 amide bonds. The van der Waals surface area contributed by atoms with Gasteiger partial charge in [-0.1, -0.05) is 18.2 Å². The van der Waals surface area contributed by atoms with Gasteiger partial charge < -0.3 is 25.4 Å². The molecule has 39 heavy (non-hydrogen) atoms. The highest BCUT2D eigenvalue weighted by Gasteiger charge is 2.18. The molecule has 9 nitrogen and oxygen atoms in total. The highest BCUT2D eigenvalue weighted by atomic mass is 19.1. The molecule has 1 fully saturated rings. The van der Waals surface area contributed by atoms with Crippen molar-refractivity contribution in [2.75, 3.05) is 64.9 Å². The first-order valence-corrected chi connectivity index (χ1v) is 13.2. The number of carbonyl (C=O) groups excluding carboxylic acids is 1. The summed E-state index contributed by atoms with van der Waals surface area (Å²) >= 11 is 0. The van der Waals surface area contributed by atoms with Gasteiger partial charge in [0.15, 0.2) is 11.6 Å². The zero-order valence-electron chi connectivity index (χ0n) is 22.9. The van der Waals surface area contributed by atoms with Crippen molar-refractivity contribution in [1.82, 2.24) is 19.8 Å². The summed E-state index contributed by atoms with van der Waals surface area (Å²) in [6.07, 6.45) is 2.21. The molecule has 0 unspecified atom stereocenters. The van der Waals surface area contributed by atoms with E-state index in [4.69, 9.17) is 15.2 Å². The number of benzene rings is 2. The summed E-state index contributed by atoms with van der Waals surface area (Å²) in [5, 5.41) is 3.03. The van der Waals surface area contributed by atoms with Crippen molar-refractivity contribution in [3.05, 3.63) is 65.1 Å². The van der Waals surface area contributed by atoms with Gasteiger partial charge in [0.25, 0.3) is 5.91 Å². The number of rotatable bonds is 12. The van der Waals surface area contributed by atoms with E-state index in [1.54, 1.807) is 19.2 Å². The van der Waals surface area contributed by atoms with E-state index < -0.39 is 11.7 Å². The first kappa shape index (κ1) is 28.4. The molecule has 208 valence electrons. The number of nitrogens with two attached hydrogens (primary N) is 1. The number of piperazine rings is 1. The topological polar surface area (TPSA) is 106 Å². The minimum Gasteiger partial charge on any atom is -0.490 e. The zero-order valence-corrected chi connectivity index (χ0v) is 22.9. The summed E-state index contributed by atoms with van der Waals surface area (Å²) in [5.41, 5.74) is 9.45. The Morgan fingerprint density at radius 2 is 1.74 bits per heavy atom. The third kappa shape index (κ3) is 7.50. The van der Waals surface area contributed by atoms with Crippen molar-refractivity contribution in [2.24, 2.45) is 5.73 Å². The fraction of sp³-hybridized carbons (Fsp3) is 0.414. The van der Waals surface area contributed by atoms with E-state index in [1.807, 2.05) is 32.0 Å². The smallest absolute Gasteiger partial charge is 0.252 e. The Hall–Kier alpha value is -3.60. The van der Waals surface area contributed by atoms with E-state index in [9.17, 15) is 9.18 Å². The summed E-state index contributed by atoms with van der Waals surface area (Å²) in [5.74, 6) is -0.661. The summed E-state index contributed by atoms with van der Waals surface area (Å²) in [7, 11) is 1.73. The normalized spacial score (nSPS) is 14.4. The Bertz CT molecular complexity index is 1260. The van der Waals surface area contributed by atoms with Gasteiger partial charge >= 0.3 is 0 Å². The van der Waals surface area contributed by atoms with Crippen molar-refractivity contribution in [3.63, 3.8) is 0 Å². The maximum atomic E-state index is 14.8. The van der Waals surface area contributed by atoms with Gasteiger partial charge in [0, 0.05) is 69.9 Å². The van der Waals surface area contributed by atoms with Gasteiger partial charge in [0.2, 0.25) is 5.95 Å². The zero-order chi connectivity index (χ0) is 27.8. The lowest BCUT2D eigenvalue weighted by atomic mass is 9.97. The number of anilines is 2. The van der Waals surface area contributed by atoms with Gasteiger partial charge in [-0.15, -0.1) is 0 Å². The van der Waals surface area contributed by atoms with Gasteiger partial charge in [-0.25, -0.2) is 14.4 Å². The molecule has 2 heterocycles. The summed E-state index contributed by atoms with van der Waals surface area (Å²) in [6, 6.07) is 10.5. The van der Waals surface area contributed by atoms with Crippen LogP contribution in [-0.2, 0) is 4.74 Å². The molecular weight excluding hydrogens is 499 g/mol. The monoisotopic (exact) mass is 536 g/mol. The Kier molecular flexibility index (Phi) is 9.80. The maximum Gasteiger partial charge on any atom is 0.252 e. The number of primary amides is 1. The molecule has 0 bridgehead atoms. The second kappa shape index (κ2) is 13.5. The van der Waals surface area contributed by atoms with Crippen molar-refractivity contribution in [2.45, 2.75) is 20.3 Å². The number of ether oxygens (including phenoxy) is 2. The molecular formula is C29H37FN6O3. The summed E-state index contributed by atoms with van der Waals surface area (Å²) in [4.78, 5) is 25.7. The minimum absolute atomic E-state index is 0.200. The first-order valence-electron chi connectivity index (χ1n) is 13.2. The number of carbonyl (C=O) groups is 1. The van der Waals surface area contributed by atoms with Crippen LogP contribution in [0.4, 0.5) is 16.0 Å². The van der Waals surface area contributed by atoms with E-state index in [-0.39, 0.29) is 17.3 Å². The third-order valence-corrected chi connectivity index (χ3v) is 6.91. The van der Waals surface area contributed by atoms with E-state index in [1.165, 1.54) is 12.3 Å². The molecule has 2 aromatic carbocycles. The summed E-state index contributed by atoms with van der Waals surface area (Å²) < 4.78 is 25.7. The van der Waals surface area contributed by atoms with Gasteiger partial charge in [-0.3, -0.25) is 9.69 Å². The van der Waals surface area contributed by atoms with Gasteiger partial charge in [-0.2, -0.15) is 0 Å². The number of hydrogen-bond donors (Lipinski definition) is 2. The lowest BCUT2D eigenvalue weighted by molar-refractivity contribution is 0.0940. The second-order valence-corrected chi connectivity index (χ2v) is 9.74. The predicted octanol–water partition coefficient (Wildman–Crippen LogP) is 3.77. The average molecular weight is 537 g/mol. The molecule has 1 aliphatic heterocycles. The van der Waals surface area contributed by atoms with E-state index in [2.05, 4.69) is 25.1 Å². The fourth-order valence-corrected chi connectivity index (χ4v) is 4.75. The molecule has 1 aliphatic rings. The van der Waals surface area contributed by atoms with Crippen molar-refractivity contribution >= 4 is 17.5 Å². The SMILES string of the molecule is COCCN1CCN(CCCOc2ccc(Nc3ncc(C(N)=O)c(-c4c(C)cccc4C)n3)cc2F)CC1.